The molecule has 2 aromatic carbocycles. The lowest BCUT2D eigenvalue weighted by molar-refractivity contribution is -0.146. The summed E-state index contributed by atoms with van der Waals surface area (Å²) in [6.45, 7) is 3.54. The number of aromatic nitrogens is 1. The zero-order valence-corrected chi connectivity index (χ0v) is 15.8. The summed E-state index contributed by atoms with van der Waals surface area (Å²) in [6.07, 6.45) is 0. The van der Waals surface area contributed by atoms with Crippen LogP contribution in [0.5, 0.6) is 0 Å². The van der Waals surface area contributed by atoms with Gasteiger partial charge in [-0.3, -0.25) is 9.59 Å². The average molecular weight is 390 g/mol. The Labute approximate surface area is 160 Å². The number of nitrogens with one attached hydrogen (secondary N) is 1. The highest BCUT2D eigenvalue weighted by Gasteiger charge is 2.23. The summed E-state index contributed by atoms with van der Waals surface area (Å²) < 4.78 is 5.43. The lowest BCUT2D eigenvalue weighted by Crippen LogP contribution is -2.20. The zero-order valence-electron chi connectivity index (χ0n) is 14.3. The molecular formula is C20H17Cl2NO3. The highest BCUT2D eigenvalue weighted by Crippen LogP contribution is 2.28. The molecule has 1 N–H and O–H groups in total. The maximum absolute atomic E-state index is 12.6. The molecule has 3 aromatic rings. The molecule has 26 heavy (non-hydrogen) atoms. The number of fused-ring (bicyclic) bond motifs is 1. The summed E-state index contributed by atoms with van der Waals surface area (Å²) in [5.74, 6) is -0.986. The Morgan fingerprint density at radius 3 is 2.62 bits per heavy atom. The largest absolute Gasteiger partial charge is 0.460 e. The predicted molar refractivity (Wildman–Crippen MR) is 104 cm³/mol. The summed E-state index contributed by atoms with van der Waals surface area (Å²) in [7, 11) is 0. The zero-order chi connectivity index (χ0) is 18.8. The molecular weight excluding hydrogens is 373 g/mol. The first-order valence-electron chi connectivity index (χ1n) is 8.10. The minimum absolute atomic E-state index is 0.0836. The van der Waals surface area contributed by atoms with E-state index in [4.69, 9.17) is 27.9 Å². The lowest BCUT2D eigenvalue weighted by atomic mass is 9.93. The van der Waals surface area contributed by atoms with Crippen molar-refractivity contribution in [3.05, 3.63) is 79.6 Å². The van der Waals surface area contributed by atoms with Crippen molar-refractivity contribution < 1.29 is 9.53 Å². The fraction of sp³-hybridized carbons (Fsp3) is 0.200. The van der Waals surface area contributed by atoms with Crippen molar-refractivity contribution in [1.82, 2.24) is 4.98 Å². The predicted octanol–water partition coefficient (Wildman–Crippen LogP) is 4.99. The second-order valence-corrected chi connectivity index (χ2v) is 6.93. The van der Waals surface area contributed by atoms with Crippen LogP contribution in [-0.4, -0.2) is 11.0 Å². The minimum Gasteiger partial charge on any atom is -0.460 e. The van der Waals surface area contributed by atoms with Gasteiger partial charge in [0.25, 0.3) is 5.56 Å². The van der Waals surface area contributed by atoms with Gasteiger partial charge in [0.15, 0.2) is 0 Å². The smallest absolute Gasteiger partial charge is 0.313 e. The van der Waals surface area contributed by atoms with Crippen LogP contribution >= 0.6 is 23.2 Å². The van der Waals surface area contributed by atoms with E-state index in [1.54, 1.807) is 32.0 Å². The van der Waals surface area contributed by atoms with Crippen LogP contribution in [0.2, 0.25) is 10.0 Å². The van der Waals surface area contributed by atoms with Crippen LogP contribution in [0.3, 0.4) is 0 Å². The molecule has 0 saturated carbocycles. The van der Waals surface area contributed by atoms with E-state index in [1.165, 1.54) is 0 Å². The number of pyridine rings is 1. The second-order valence-electron chi connectivity index (χ2n) is 6.12. The Kier molecular flexibility index (Phi) is 5.35. The topological polar surface area (TPSA) is 59.2 Å². The van der Waals surface area contributed by atoms with Crippen LogP contribution in [-0.2, 0) is 16.1 Å². The molecule has 0 radical (unpaired) electrons. The number of H-pyrrole nitrogens is 1. The summed E-state index contributed by atoms with van der Waals surface area (Å²) >= 11 is 11.9. The Morgan fingerprint density at radius 2 is 1.88 bits per heavy atom. The number of hydrogen-bond donors (Lipinski definition) is 1. The van der Waals surface area contributed by atoms with E-state index in [9.17, 15) is 9.59 Å². The standard InChI is InChI=1S/C20H17Cl2NO3/c1-11-18(14-5-3-4-6-17(14)23-19(11)24)12(2)20(25)26-10-13-7-8-15(21)16(22)9-13/h3-9,12H,10H2,1-2H3,(H,23,24). The van der Waals surface area contributed by atoms with Crippen molar-refractivity contribution in [3.8, 4) is 0 Å². The van der Waals surface area contributed by atoms with Gasteiger partial charge >= 0.3 is 5.97 Å². The van der Waals surface area contributed by atoms with E-state index in [2.05, 4.69) is 4.98 Å². The third-order valence-electron chi connectivity index (χ3n) is 4.36. The van der Waals surface area contributed by atoms with Crippen molar-refractivity contribution in [2.45, 2.75) is 26.4 Å². The molecule has 1 aromatic heterocycles. The van der Waals surface area contributed by atoms with Gasteiger partial charge in [-0.05, 0) is 43.2 Å². The number of ether oxygens (including phenoxy) is 1. The highest BCUT2D eigenvalue weighted by atomic mass is 35.5. The third-order valence-corrected chi connectivity index (χ3v) is 5.10. The maximum atomic E-state index is 12.6. The summed E-state index contributed by atoms with van der Waals surface area (Å²) in [4.78, 5) is 27.6. The molecule has 0 saturated heterocycles. The molecule has 3 rings (SSSR count). The van der Waals surface area contributed by atoms with Crippen LogP contribution in [0.4, 0.5) is 0 Å². The minimum atomic E-state index is -0.579. The van der Waals surface area contributed by atoms with Crippen LogP contribution in [0.15, 0.2) is 47.3 Å². The van der Waals surface area contributed by atoms with Gasteiger partial charge in [0.1, 0.15) is 6.61 Å². The molecule has 0 bridgehead atoms. The lowest BCUT2D eigenvalue weighted by Gasteiger charge is -2.16. The van der Waals surface area contributed by atoms with Crippen LogP contribution in [0, 0.1) is 6.92 Å². The van der Waals surface area contributed by atoms with E-state index in [-0.39, 0.29) is 12.2 Å². The Balaban J connectivity index is 1.87. The molecule has 0 amide bonds. The van der Waals surface area contributed by atoms with Crippen molar-refractivity contribution in [3.63, 3.8) is 0 Å². The van der Waals surface area contributed by atoms with Gasteiger partial charge in [-0.15, -0.1) is 0 Å². The molecule has 1 heterocycles. The molecule has 4 nitrogen and oxygen atoms in total. The molecule has 134 valence electrons. The molecule has 0 aliphatic rings. The first-order chi connectivity index (χ1) is 12.4. The Morgan fingerprint density at radius 1 is 1.15 bits per heavy atom. The number of rotatable bonds is 4. The fourth-order valence-corrected chi connectivity index (χ4v) is 3.27. The van der Waals surface area contributed by atoms with Crippen LogP contribution in [0.25, 0.3) is 10.9 Å². The first kappa shape index (κ1) is 18.5. The number of halogens is 2. The van der Waals surface area contributed by atoms with Gasteiger partial charge in [-0.25, -0.2) is 0 Å². The van der Waals surface area contributed by atoms with Gasteiger partial charge in [0.2, 0.25) is 0 Å². The number of benzene rings is 2. The number of para-hydroxylation sites is 1. The van der Waals surface area contributed by atoms with Crippen molar-refractivity contribution >= 4 is 40.1 Å². The number of aromatic amines is 1. The van der Waals surface area contributed by atoms with Gasteiger partial charge < -0.3 is 9.72 Å². The van der Waals surface area contributed by atoms with Crippen molar-refractivity contribution in [2.75, 3.05) is 0 Å². The summed E-state index contributed by atoms with van der Waals surface area (Å²) in [5, 5.41) is 1.69. The summed E-state index contributed by atoms with van der Waals surface area (Å²) in [5.41, 5.74) is 2.43. The number of esters is 1. The highest BCUT2D eigenvalue weighted by molar-refractivity contribution is 6.42. The van der Waals surface area contributed by atoms with Crippen molar-refractivity contribution in [2.24, 2.45) is 0 Å². The molecule has 1 unspecified atom stereocenters. The molecule has 0 aliphatic heterocycles. The number of carbonyl (C=O) groups is 1. The van der Waals surface area contributed by atoms with Gasteiger partial charge in [0.05, 0.1) is 16.0 Å². The van der Waals surface area contributed by atoms with E-state index in [0.717, 1.165) is 10.9 Å². The van der Waals surface area contributed by atoms with E-state index in [1.807, 2.05) is 24.3 Å². The van der Waals surface area contributed by atoms with Crippen LogP contribution in [0.1, 0.15) is 29.5 Å². The Bertz CT molecular complexity index is 1040. The third kappa shape index (κ3) is 3.62. The van der Waals surface area contributed by atoms with Crippen molar-refractivity contribution in [1.29, 1.82) is 0 Å². The molecule has 0 aliphatic carbocycles. The van der Waals surface area contributed by atoms with Crippen LogP contribution < -0.4 is 5.56 Å². The number of carbonyl (C=O) groups excluding carboxylic acids is 1. The molecule has 6 heteroatoms. The maximum Gasteiger partial charge on any atom is 0.313 e. The number of hydrogen-bond acceptors (Lipinski definition) is 3. The van der Waals surface area contributed by atoms with Gasteiger partial charge in [0, 0.05) is 16.5 Å². The average Bonchev–Trinajstić information content (AvgIpc) is 2.63. The SMILES string of the molecule is Cc1c(C(C)C(=O)OCc2ccc(Cl)c(Cl)c2)c2ccccc2[nH]c1=O. The van der Waals surface area contributed by atoms with Gasteiger partial charge in [-0.2, -0.15) is 0 Å². The second kappa shape index (κ2) is 7.52. The monoisotopic (exact) mass is 389 g/mol. The van der Waals surface area contributed by atoms with E-state index < -0.39 is 11.9 Å². The molecule has 0 fully saturated rings. The summed E-state index contributed by atoms with van der Waals surface area (Å²) in [6, 6.07) is 12.5. The van der Waals surface area contributed by atoms with E-state index >= 15 is 0 Å². The first-order valence-corrected chi connectivity index (χ1v) is 8.86. The van der Waals surface area contributed by atoms with E-state index in [0.29, 0.717) is 26.7 Å². The fourth-order valence-electron chi connectivity index (χ4n) is 2.95. The molecule has 1 atom stereocenters. The molecule has 0 spiro atoms. The quantitative estimate of drug-likeness (QED) is 0.639. The Hall–Kier alpha value is -2.30. The van der Waals surface area contributed by atoms with Gasteiger partial charge in [-0.1, -0.05) is 47.5 Å². The normalized spacial score (nSPS) is 12.2.